The molecule has 0 atom stereocenters. The Labute approximate surface area is 159 Å². The highest BCUT2D eigenvalue weighted by Gasteiger charge is 2.24. The summed E-state index contributed by atoms with van der Waals surface area (Å²) in [4.78, 5) is 39.1. The lowest BCUT2D eigenvalue weighted by Crippen LogP contribution is -2.55. The van der Waals surface area contributed by atoms with Crippen molar-refractivity contribution in [2.45, 2.75) is 32.9 Å². The minimum atomic E-state index is -0.482. The molecule has 8 heteroatoms. The second kappa shape index (κ2) is 9.05. The third-order valence-electron chi connectivity index (χ3n) is 4.26. The maximum absolute atomic E-state index is 12.0. The maximum Gasteiger partial charge on any atom is 0.338 e. The van der Waals surface area contributed by atoms with E-state index in [4.69, 9.17) is 9.47 Å². The van der Waals surface area contributed by atoms with Gasteiger partial charge in [0.1, 0.15) is 5.60 Å². The van der Waals surface area contributed by atoms with E-state index in [1.807, 2.05) is 25.9 Å². The molecule has 0 saturated carbocycles. The molecule has 1 aliphatic rings. The molecule has 1 aliphatic heterocycles. The molecule has 1 aromatic carbocycles. The van der Waals surface area contributed by atoms with Crippen molar-refractivity contribution in [3.05, 3.63) is 34.2 Å². The molecule has 2 rings (SSSR count). The Morgan fingerprint density at radius 1 is 1.11 bits per heavy atom. The molecule has 1 fully saturated rings. The van der Waals surface area contributed by atoms with Gasteiger partial charge in [-0.3, -0.25) is 14.6 Å². The summed E-state index contributed by atoms with van der Waals surface area (Å²) in [5, 5.41) is 1.86. The lowest BCUT2D eigenvalue weighted by atomic mass is 10.1. The quantitative estimate of drug-likeness (QED) is 0.717. The first-order valence-corrected chi connectivity index (χ1v) is 8.98. The number of carbonyl (C=O) groups excluding carboxylic acids is 2. The number of methoxy groups -OCH3 is 1. The summed E-state index contributed by atoms with van der Waals surface area (Å²) in [7, 11) is 1.33. The van der Waals surface area contributed by atoms with E-state index in [9.17, 15) is 14.5 Å². The molecule has 0 aliphatic carbocycles. The van der Waals surface area contributed by atoms with Crippen LogP contribution in [0.25, 0.3) is 0 Å². The summed E-state index contributed by atoms with van der Waals surface area (Å²) < 4.78 is 10.2. The maximum atomic E-state index is 12.0. The van der Waals surface area contributed by atoms with Crippen LogP contribution in [0.2, 0.25) is 0 Å². The molecule has 1 heterocycles. The fourth-order valence-electron chi connectivity index (χ4n) is 3.00. The number of piperazine rings is 1. The molecule has 148 valence electrons. The van der Waals surface area contributed by atoms with Gasteiger partial charge in [-0.15, -0.1) is 0 Å². The molecule has 0 spiro atoms. The van der Waals surface area contributed by atoms with Crippen LogP contribution in [-0.4, -0.2) is 67.2 Å². The number of carbonyl (C=O) groups is 2. The van der Waals surface area contributed by atoms with Crippen molar-refractivity contribution in [1.29, 1.82) is 0 Å². The minimum Gasteiger partial charge on any atom is -0.465 e. The average Bonchev–Trinajstić information content (AvgIpc) is 2.61. The molecule has 1 aromatic rings. The van der Waals surface area contributed by atoms with Crippen molar-refractivity contribution in [3.63, 3.8) is 0 Å². The average molecular weight is 378 g/mol. The van der Waals surface area contributed by atoms with Crippen molar-refractivity contribution >= 4 is 17.6 Å². The lowest BCUT2D eigenvalue weighted by molar-refractivity contribution is -0.379. The molecule has 0 amide bonds. The summed E-state index contributed by atoms with van der Waals surface area (Å²) in [6.45, 7) is 9.32. The van der Waals surface area contributed by atoms with Gasteiger partial charge in [0.05, 0.1) is 19.2 Å². The highest BCUT2D eigenvalue weighted by Crippen LogP contribution is 2.18. The van der Waals surface area contributed by atoms with Crippen LogP contribution in [0.15, 0.2) is 18.2 Å². The number of esters is 2. The lowest BCUT2D eigenvalue weighted by Gasteiger charge is -2.34. The molecule has 8 nitrogen and oxygen atoms in total. The second-order valence-corrected chi connectivity index (χ2v) is 7.60. The molecule has 27 heavy (non-hydrogen) atoms. The van der Waals surface area contributed by atoms with Crippen molar-refractivity contribution in [2.75, 3.05) is 39.8 Å². The summed E-state index contributed by atoms with van der Waals surface area (Å²) in [6, 6.07) is 4.83. The summed E-state index contributed by atoms with van der Waals surface area (Å²) in [5.41, 5.74) is 1.11. The van der Waals surface area contributed by atoms with E-state index in [0.717, 1.165) is 31.7 Å². The monoisotopic (exact) mass is 378 g/mol. The van der Waals surface area contributed by atoms with Gasteiger partial charge < -0.3 is 9.47 Å². The standard InChI is InChI=1S/C19H27N3O5/c1-19(2,3)27-17(23)13-22-9-7-21(8-10-22)12-14-11-15(20-25)5-6-16(14)18(24)26-4/h5-6,11H,7-10,12-13H2,1-4H3/p+1. The minimum absolute atomic E-state index is 0.224. The molecule has 0 radical (unpaired) electrons. The summed E-state index contributed by atoms with van der Waals surface area (Å²) in [6.07, 6.45) is 0. The Kier molecular flexibility index (Phi) is 7.04. The topological polar surface area (TPSA) is 90.1 Å². The van der Waals surface area contributed by atoms with Crippen molar-refractivity contribution in [3.8, 4) is 0 Å². The van der Waals surface area contributed by atoms with Crippen LogP contribution in [0.3, 0.4) is 0 Å². The fraction of sp³-hybridized carbons (Fsp3) is 0.579. The van der Waals surface area contributed by atoms with Gasteiger partial charge in [0.2, 0.25) is 0 Å². The van der Waals surface area contributed by atoms with Gasteiger partial charge in [0.25, 0.3) is 5.69 Å². The first-order chi connectivity index (χ1) is 12.7. The predicted molar refractivity (Wildman–Crippen MR) is 99.3 cm³/mol. The molecule has 0 unspecified atom stereocenters. The van der Waals surface area contributed by atoms with Crippen LogP contribution in [-0.2, 0) is 20.8 Å². The number of nitroso groups, excluding NO2 is 1. The number of hydrogen-bond acceptors (Lipinski definition) is 7. The molecule has 1 saturated heterocycles. The number of nitrogens with one attached hydrogen (secondary N) is 1. The third-order valence-corrected chi connectivity index (χ3v) is 4.26. The van der Waals surface area contributed by atoms with Crippen LogP contribution >= 0.6 is 0 Å². The zero-order valence-corrected chi connectivity index (χ0v) is 16.4. The summed E-state index contributed by atoms with van der Waals surface area (Å²) in [5.74, 6) is -0.649. The number of rotatable bonds is 6. The molecular formula is C19H28N3O5+. The number of ether oxygens (including phenoxy) is 2. The molecular weight excluding hydrogens is 350 g/mol. The summed E-state index contributed by atoms with van der Waals surface area (Å²) >= 11 is 0. The molecule has 0 aromatic heterocycles. The van der Waals surface area contributed by atoms with Gasteiger partial charge in [0, 0.05) is 54.9 Å². The van der Waals surface area contributed by atoms with E-state index >= 15 is 0 Å². The first kappa shape index (κ1) is 21.0. The Morgan fingerprint density at radius 2 is 1.74 bits per heavy atom. The van der Waals surface area contributed by atoms with Gasteiger partial charge >= 0.3 is 11.9 Å². The highest BCUT2D eigenvalue weighted by molar-refractivity contribution is 5.91. The van der Waals surface area contributed by atoms with Crippen molar-refractivity contribution in [1.82, 2.24) is 9.80 Å². The Bertz CT molecular complexity index is 691. The Morgan fingerprint density at radius 3 is 2.30 bits per heavy atom. The van der Waals surface area contributed by atoms with Gasteiger partial charge in [-0.25, -0.2) is 4.79 Å². The van der Waals surface area contributed by atoms with Crippen LogP contribution in [0.5, 0.6) is 0 Å². The van der Waals surface area contributed by atoms with Gasteiger partial charge in [-0.2, -0.15) is 0 Å². The van der Waals surface area contributed by atoms with Gasteiger partial charge in [0.15, 0.2) is 0 Å². The Hall–Kier alpha value is -2.32. The van der Waals surface area contributed by atoms with E-state index in [1.165, 1.54) is 7.11 Å². The largest absolute Gasteiger partial charge is 0.465 e. The van der Waals surface area contributed by atoms with Crippen molar-refractivity contribution in [2.24, 2.45) is 0 Å². The van der Waals surface area contributed by atoms with Crippen LogP contribution < -0.4 is 5.18 Å². The first-order valence-electron chi connectivity index (χ1n) is 8.98. The number of benzene rings is 1. The van der Waals surface area contributed by atoms with E-state index in [0.29, 0.717) is 17.8 Å². The van der Waals surface area contributed by atoms with E-state index in [-0.39, 0.29) is 12.5 Å². The molecule has 1 N–H and O–H groups in total. The second-order valence-electron chi connectivity index (χ2n) is 7.60. The zero-order valence-electron chi connectivity index (χ0n) is 16.4. The Balaban J connectivity index is 1.94. The van der Waals surface area contributed by atoms with Crippen LogP contribution in [0.4, 0.5) is 5.69 Å². The van der Waals surface area contributed by atoms with E-state index < -0.39 is 11.6 Å². The van der Waals surface area contributed by atoms with Gasteiger partial charge in [-0.05, 0) is 32.4 Å². The van der Waals surface area contributed by atoms with Gasteiger partial charge in [-0.1, -0.05) is 0 Å². The zero-order chi connectivity index (χ0) is 20.0. The number of nitrogens with zero attached hydrogens (tertiary/aromatic N) is 2. The SMILES string of the molecule is COC(=O)c1ccc([NH+]=O)cc1CN1CCN(CC(=O)OC(C)(C)C)CC1. The van der Waals surface area contributed by atoms with E-state index in [2.05, 4.69) is 9.80 Å². The van der Waals surface area contributed by atoms with E-state index in [1.54, 1.807) is 18.2 Å². The van der Waals surface area contributed by atoms with Crippen LogP contribution in [0, 0.1) is 4.91 Å². The van der Waals surface area contributed by atoms with Crippen molar-refractivity contribution < 1.29 is 24.2 Å². The highest BCUT2D eigenvalue weighted by atomic mass is 16.6. The molecule has 0 bridgehead atoms. The fourth-order valence-corrected chi connectivity index (χ4v) is 3.00. The smallest absolute Gasteiger partial charge is 0.338 e. The third kappa shape index (κ3) is 6.41. The number of hydrogen-bond donors (Lipinski definition) is 1. The normalized spacial score (nSPS) is 16.0. The predicted octanol–water partition coefficient (Wildman–Crippen LogP) is 0.411. The van der Waals surface area contributed by atoms with Crippen LogP contribution in [0.1, 0.15) is 36.7 Å².